The first-order chi connectivity index (χ1) is 16.0. The fourth-order valence-electron chi connectivity index (χ4n) is 3.82. The van der Waals surface area contributed by atoms with Crippen molar-refractivity contribution in [2.24, 2.45) is 10.8 Å². The number of carbonyl (C=O) groups is 3. The number of nitrogens with two attached hydrogens (primary N) is 1. The predicted molar refractivity (Wildman–Crippen MR) is 123 cm³/mol. The van der Waals surface area contributed by atoms with Crippen LogP contribution in [0, 0.1) is 0 Å². The number of para-hydroxylation sites is 1. The number of hydrogen-bond donors (Lipinski definition) is 2. The topological polar surface area (TPSA) is 127 Å². The van der Waals surface area contributed by atoms with E-state index in [1.54, 1.807) is 36.4 Å². The molecule has 2 aromatic rings. The SMILES string of the molecule is COC(=O)c1cc(N2CCOCC2)ccc1NC(=O)C1=NN(c2ccccc2)C(C(N)=O)C1. The second-order valence-electron chi connectivity index (χ2n) is 7.62. The molecule has 2 aromatic carbocycles. The molecule has 33 heavy (non-hydrogen) atoms. The number of esters is 1. The quantitative estimate of drug-likeness (QED) is 0.635. The summed E-state index contributed by atoms with van der Waals surface area (Å²) in [6.07, 6.45) is 0.0511. The minimum Gasteiger partial charge on any atom is -0.465 e. The molecule has 0 bridgehead atoms. The average Bonchev–Trinajstić information content (AvgIpc) is 3.31. The van der Waals surface area contributed by atoms with Crippen LogP contribution in [-0.2, 0) is 19.1 Å². The van der Waals surface area contributed by atoms with E-state index >= 15 is 0 Å². The number of rotatable bonds is 6. The van der Waals surface area contributed by atoms with E-state index in [0.717, 1.165) is 5.69 Å². The summed E-state index contributed by atoms with van der Waals surface area (Å²) in [5, 5.41) is 8.52. The highest BCUT2D eigenvalue weighted by atomic mass is 16.5. The van der Waals surface area contributed by atoms with Crippen LogP contribution in [0.4, 0.5) is 17.1 Å². The van der Waals surface area contributed by atoms with Crippen molar-refractivity contribution < 1.29 is 23.9 Å². The van der Waals surface area contributed by atoms with Gasteiger partial charge in [0.15, 0.2) is 0 Å². The van der Waals surface area contributed by atoms with Gasteiger partial charge in [-0.3, -0.25) is 14.6 Å². The Kier molecular flexibility index (Phi) is 6.55. The standard InChI is InChI=1S/C23H25N5O5/c1-32-23(31)17-13-16(27-9-11-33-12-10-27)7-8-18(17)25-22(30)19-14-20(21(24)29)28(26-19)15-5-3-2-4-6-15/h2-8,13,20H,9-12,14H2,1H3,(H2,24,29)(H,25,30). The smallest absolute Gasteiger partial charge is 0.340 e. The van der Waals surface area contributed by atoms with E-state index in [0.29, 0.717) is 37.7 Å². The number of methoxy groups -OCH3 is 1. The number of nitrogens with one attached hydrogen (secondary N) is 1. The Morgan fingerprint density at radius 2 is 1.82 bits per heavy atom. The molecule has 2 aliphatic rings. The van der Waals surface area contributed by atoms with Crippen molar-refractivity contribution in [3.63, 3.8) is 0 Å². The van der Waals surface area contributed by atoms with Crippen molar-refractivity contribution in [3.8, 4) is 0 Å². The molecule has 4 rings (SSSR count). The van der Waals surface area contributed by atoms with Gasteiger partial charge in [-0.2, -0.15) is 5.10 Å². The minimum atomic E-state index is -0.781. The summed E-state index contributed by atoms with van der Waals surface area (Å²) in [4.78, 5) is 39.5. The molecule has 0 radical (unpaired) electrons. The molecule has 10 heteroatoms. The minimum absolute atomic E-state index is 0.0511. The van der Waals surface area contributed by atoms with Crippen LogP contribution >= 0.6 is 0 Å². The molecule has 0 aliphatic carbocycles. The lowest BCUT2D eigenvalue weighted by molar-refractivity contribution is -0.119. The van der Waals surface area contributed by atoms with Gasteiger partial charge in [0.05, 0.1) is 37.3 Å². The normalized spacial score (nSPS) is 18.0. The van der Waals surface area contributed by atoms with Crippen LogP contribution in [0.3, 0.4) is 0 Å². The second-order valence-corrected chi connectivity index (χ2v) is 7.62. The van der Waals surface area contributed by atoms with Crippen LogP contribution in [0.15, 0.2) is 53.6 Å². The Morgan fingerprint density at radius 1 is 1.09 bits per heavy atom. The van der Waals surface area contributed by atoms with Crippen molar-refractivity contribution in [3.05, 3.63) is 54.1 Å². The van der Waals surface area contributed by atoms with Crippen molar-refractivity contribution in [1.82, 2.24) is 0 Å². The molecule has 1 fully saturated rings. The first-order valence-electron chi connectivity index (χ1n) is 10.6. The molecule has 1 saturated heterocycles. The van der Waals surface area contributed by atoms with Gasteiger partial charge in [-0.15, -0.1) is 0 Å². The van der Waals surface area contributed by atoms with Gasteiger partial charge in [0.2, 0.25) is 5.91 Å². The highest BCUT2D eigenvalue weighted by Gasteiger charge is 2.35. The van der Waals surface area contributed by atoms with Gasteiger partial charge >= 0.3 is 5.97 Å². The monoisotopic (exact) mass is 451 g/mol. The zero-order valence-electron chi connectivity index (χ0n) is 18.2. The number of amides is 2. The van der Waals surface area contributed by atoms with E-state index in [2.05, 4.69) is 15.3 Å². The number of carbonyl (C=O) groups excluding carboxylic acids is 3. The Balaban J connectivity index is 1.58. The molecule has 172 valence electrons. The molecule has 0 spiro atoms. The van der Waals surface area contributed by atoms with E-state index in [-0.39, 0.29) is 17.7 Å². The summed E-state index contributed by atoms with van der Waals surface area (Å²) in [7, 11) is 1.28. The number of benzene rings is 2. The zero-order chi connectivity index (χ0) is 23.4. The molecule has 3 N–H and O–H groups in total. The van der Waals surface area contributed by atoms with Gasteiger partial charge < -0.3 is 25.4 Å². The lowest BCUT2D eigenvalue weighted by Gasteiger charge is -2.29. The maximum atomic E-state index is 13.0. The maximum Gasteiger partial charge on any atom is 0.340 e. The van der Waals surface area contributed by atoms with E-state index in [1.165, 1.54) is 12.1 Å². The number of primary amides is 1. The number of hydrazone groups is 1. The first-order valence-corrected chi connectivity index (χ1v) is 10.6. The lowest BCUT2D eigenvalue weighted by Crippen LogP contribution is -2.39. The predicted octanol–water partition coefficient (Wildman–Crippen LogP) is 1.37. The van der Waals surface area contributed by atoms with Crippen LogP contribution in [-0.4, -0.2) is 63.0 Å². The number of anilines is 3. The number of morpholine rings is 1. The van der Waals surface area contributed by atoms with Gasteiger partial charge in [-0.25, -0.2) is 4.79 Å². The molecule has 2 amide bonds. The van der Waals surface area contributed by atoms with Crippen LogP contribution in [0.5, 0.6) is 0 Å². The summed E-state index contributed by atoms with van der Waals surface area (Å²) in [6.45, 7) is 2.61. The number of nitrogens with zero attached hydrogens (tertiary/aromatic N) is 3. The summed E-state index contributed by atoms with van der Waals surface area (Å²) in [5.41, 5.74) is 7.68. The molecule has 10 nitrogen and oxygen atoms in total. The summed E-state index contributed by atoms with van der Waals surface area (Å²) >= 11 is 0. The zero-order valence-corrected chi connectivity index (χ0v) is 18.2. The lowest BCUT2D eigenvalue weighted by atomic mass is 10.1. The fourth-order valence-corrected chi connectivity index (χ4v) is 3.82. The largest absolute Gasteiger partial charge is 0.465 e. The van der Waals surface area contributed by atoms with Crippen molar-refractivity contribution in [2.75, 3.05) is 48.6 Å². The van der Waals surface area contributed by atoms with E-state index in [4.69, 9.17) is 15.2 Å². The van der Waals surface area contributed by atoms with Gasteiger partial charge in [0, 0.05) is 25.2 Å². The van der Waals surface area contributed by atoms with Gasteiger partial charge in [-0.1, -0.05) is 18.2 Å². The van der Waals surface area contributed by atoms with Crippen LogP contribution in [0.1, 0.15) is 16.8 Å². The summed E-state index contributed by atoms with van der Waals surface area (Å²) in [5.74, 6) is -1.69. The molecule has 1 atom stereocenters. The molecule has 2 aliphatic heterocycles. The second kappa shape index (κ2) is 9.70. The molecule has 2 heterocycles. The summed E-state index contributed by atoms with van der Waals surface area (Å²) in [6, 6.07) is 13.4. The van der Waals surface area contributed by atoms with Crippen molar-refractivity contribution in [2.45, 2.75) is 12.5 Å². The first kappa shape index (κ1) is 22.3. The molecular formula is C23H25N5O5. The Hall–Kier alpha value is -3.92. The van der Waals surface area contributed by atoms with Gasteiger partial charge in [-0.05, 0) is 30.3 Å². The Labute approximate surface area is 190 Å². The molecule has 0 saturated carbocycles. The third-order valence-corrected chi connectivity index (χ3v) is 5.55. The summed E-state index contributed by atoms with van der Waals surface area (Å²) < 4.78 is 10.3. The van der Waals surface area contributed by atoms with E-state index in [9.17, 15) is 14.4 Å². The third-order valence-electron chi connectivity index (χ3n) is 5.55. The van der Waals surface area contributed by atoms with E-state index in [1.807, 2.05) is 12.1 Å². The van der Waals surface area contributed by atoms with Crippen molar-refractivity contribution in [1.29, 1.82) is 0 Å². The Morgan fingerprint density at radius 3 is 2.48 bits per heavy atom. The van der Waals surface area contributed by atoms with Crippen LogP contribution in [0.2, 0.25) is 0 Å². The number of ether oxygens (including phenoxy) is 2. The van der Waals surface area contributed by atoms with Gasteiger partial charge in [0.1, 0.15) is 11.8 Å². The number of hydrogen-bond acceptors (Lipinski definition) is 8. The van der Waals surface area contributed by atoms with Gasteiger partial charge in [0.25, 0.3) is 5.91 Å². The highest BCUT2D eigenvalue weighted by Crippen LogP contribution is 2.27. The molecule has 0 aromatic heterocycles. The molecule has 1 unspecified atom stereocenters. The van der Waals surface area contributed by atoms with Crippen LogP contribution in [0.25, 0.3) is 0 Å². The third kappa shape index (κ3) is 4.80. The Bertz CT molecular complexity index is 1080. The fraction of sp³-hybridized carbons (Fsp3) is 0.304. The highest BCUT2D eigenvalue weighted by molar-refractivity contribution is 6.44. The van der Waals surface area contributed by atoms with Crippen LogP contribution < -0.4 is 21.0 Å². The van der Waals surface area contributed by atoms with Crippen molar-refractivity contribution >= 4 is 40.6 Å². The molecular weight excluding hydrogens is 426 g/mol. The van der Waals surface area contributed by atoms with E-state index < -0.39 is 23.8 Å². The maximum absolute atomic E-state index is 13.0. The average molecular weight is 451 g/mol.